The molecule has 0 atom stereocenters. The quantitative estimate of drug-likeness (QED) is 0.830. The topological polar surface area (TPSA) is 81.9 Å². The summed E-state index contributed by atoms with van der Waals surface area (Å²) < 4.78 is 19.5. The third-order valence-corrected chi connectivity index (χ3v) is 2.47. The number of hydrogen-bond donors (Lipinski definition) is 1. The molecule has 1 aromatic carbocycles. The maximum absolute atomic E-state index is 13.2. The molecule has 1 N–H and O–H groups in total. The van der Waals surface area contributed by atoms with E-state index >= 15 is 0 Å². The van der Waals surface area contributed by atoms with E-state index in [0.717, 1.165) is 0 Å². The lowest BCUT2D eigenvalue weighted by molar-refractivity contribution is -0.125. The Morgan fingerprint density at radius 3 is 3.10 bits per heavy atom. The number of ether oxygens (including phenoxy) is 1. The van der Waals surface area contributed by atoms with Crippen molar-refractivity contribution in [2.24, 2.45) is 0 Å². The van der Waals surface area contributed by atoms with Crippen LogP contribution in [0.2, 0.25) is 0 Å². The number of halogens is 1. The standard InChI is InChI=1S/C12H14FN5O2/c1-2-20-8-12(19)14-7-11-15-16-17-18(11)10-5-3-4-9(13)6-10/h3-6H,2,7-8H2,1H3,(H,14,19). The first-order chi connectivity index (χ1) is 9.70. The Morgan fingerprint density at radius 1 is 1.50 bits per heavy atom. The van der Waals surface area contributed by atoms with Crippen LogP contribution in [0.5, 0.6) is 0 Å². The number of amides is 1. The van der Waals surface area contributed by atoms with Gasteiger partial charge in [0.15, 0.2) is 5.82 Å². The van der Waals surface area contributed by atoms with Crippen molar-refractivity contribution in [3.8, 4) is 5.69 Å². The first-order valence-corrected chi connectivity index (χ1v) is 6.08. The van der Waals surface area contributed by atoms with Gasteiger partial charge >= 0.3 is 0 Å². The van der Waals surface area contributed by atoms with E-state index in [9.17, 15) is 9.18 Å². The largest absolute Gasteiger partial charge is 0.372 e. The van der Waals surface area contributed by atoms with Gasteiger partial charge in [-0.25, -0.2) is 4.39 Å². The Hall–Kier alpha value is -2.35. The van der Waals surface area contributed by atoms with E-state index in [2.05, 4.69) is 20.8 Å². The second-order valence-electron chi connectivity index (χ2n) is 3.90. The summed E-state index contributed by atoms with van der Waals surface area (Å²) >= 11 is 0. The van der Waals surface area contributed by atoms with Crippen LogP contribution in [-0.4, -0.2) is 39.3 Å². The van der Waals surface area contributed by atoms with E-state index in [1.807, 2.05) is 0 Å². The molecule has 1 amide bonds. The van der Waals surface area contributed by atoms with Gasteiger partial charge in [-0.2, -0.15) is 4.68 Å². The second kappa shape index (κ2) is 6.71. The van der Waals surface area contributed by atoms with Gasteiger partial charge < -0.3 is 10.1 Å². The highest BCUT2D eigenvalue weighted by Crippen LogP contribution is 2.09. The van der Waals surface area contributed by atoms with Crippen LogP contribution in [0, 0.1) is 5.82 Å². The van der Waals surface area contributed by atoms with Crippen molar-refractivity contribution in [1.29, 1.82) is 0 Å². The van der Waals surface area contributed by atoms with Crippen LogP contribution in [0.1, 0.15) is 12.7 Å². The monoisotopic (exact) mass is 279 g/mol. The molecule has 2 rings (SSSR count). The maximum atomic E-state index is 13.2. The number of rotatable bonds is 6. The first-order valence-electron chi connectivity index (χ1n) is 6.08. The zero-order chi connectivity index (χ0) is 14.4. The molecular weight excluding hydrogens is 265 g/mol. The van der Waals surface area contributed by atoms with Crippen molar-refractivity contribution < 1.29 is 13.9 Å². The molecule has 1 aromatic heterocycles. The predicted molar refractivity (Wildman–Crippen MR) is 67.5 cm³/mol. The van der Waals surface area contributed by atoms with E-state index in [-0.39, 0.29) is 24.9 Å². The summed E-state index contributed by atoms with van der Waals surface area (Å²) in [7, 11) is 0. The minimum absolute atomic E-state index is 0.0158. The second-order valence-corrected chi connectivity index (χ2v) is 3.90. The summed E-state index contributed by atoms with van der Waals surface area (Å²) in [4.78, 5) is 11.4. The summed E-state index contributed by atoms with van der Waals surface area (Å²) in [5, 5.41) is 13.7. The normalized spacial score (nSPS) is 10.5. The molecule has 0 aliphatic heterocycles. The summed E-state index contributed by atoms with van der Waals surface area (Å²) in [6, 6.07) is 5.87. The number of hydrogen-bond acceptors (Lipinski definition) is 5. The highest BCUT2D eigenvalue weighted by Gasteiger charge is 2.10. The van der Waals surface area contributed by atoms with E-state index in [0.29, 0.717) is 18.1 Å². The van der Waals surface area contributed by atoms with Crippen LogP contribution < -0.4 is 5.32 Å². The highest BCUT2D eigenvalue weighted by molar-refractivity contribution is 5.77. The molecule has 0 saturated heterocycles. The molecule has 20 heavy (non-hydrogen) atoms. The Labute approximate surface area is 114 Å². The number of aromatic nitrogens is 4. The fraction of sp³-hybridized carbons (Fsp3) is 0.333. The smallest absolute Gasteiger partial charge is 0.246 e. The van der Waals surface area contributed by atoms with Gasteiger partial charge in [0, 0.05) is 6.61 Å². The molecule has 0 bridgehead atoms. The Bertz CT molecular complexity index is 587. The minimum Gasteiger partial charge on any atom is -0.372 e. The lowest BCUT2D eigenvalue weighted by Gasteiger charge is -2.06. The van der Waals surface area contributed by atoms with Crippen molar-refractivity contribution in [3.05, 3.63) is 35.9 Å². The Kier molecular flexibility index (Phi) is 4.72. The van der Waals surface area contributed by atoms with Crippen LogP contribution in [-0.2, 0) is 16.1 Å². The number of carbonyl (C=O) groups is 1. The van der Waals surface area contributed by atoms with Crippen LogP contribution in [0.15, 0.2) is 24.3 Å². The number of nitrogens with one attached hydrogen (secondary N) is 1. The van der Waals surface area contributed by atoms with Crippen molar-refractivity contribution >= 4 is 5.91 Å². The van der Waals surface area contributed by atoms with Gasteiger partial charge in [-0.15, -0.1) is 5.10 Å². The lowest BCUT2D eigenvalue weighted by Crippen LogP contribution is -2.28. The van der Waals surface area contributed by atoms with Gasteiger partial charge in [-0.1, -0.05) is 6.07 Å². The van der Waals surface area contributed by atoms with Gasteiger partial charge in [-0.3, -0.25) is 4.79 Å². The lowest BCUT2D eigenvalue weighted by atomic mass is 10.3. The zero-order valence-electron chi connectivity index (χ0n) is 10.9. The third-order valence-electron chi connectivity index (χ3n) is 2.47. The average Bonchev–Trinajstić information content (AvgIpc) is 2.91. The van der Waals surface area contributed by atoms with Gasteiger partial charge in [0.1, 0.15) is 12.4 Å². The zero-order valence-corrected chi connectivity index (χ0v) is 10.9. The average molecular weight is 279 g/mol. The van der Waals surface area contributed by atoms with Crippen LogP contribution in [0.3, 0.4) is 0 Å². The van der Waals surface area contributed by atoms with E-state index in [4.69, 9.17) is 4.74 Å². The summed E-state index contributed by atoms with van der Waals surface area (Å²) in [6.07, 6.45) is 0. The molecule has 0 spiro atoms. The van der Waals surface area contributed by atoms with E-state index < -0.39 is 0 Å². The fourth-order valence-corrected chi connectivity index (χ4v) is 1.55. The molecule has 7 nitrogen and oxygen atoms in total. The SMILES string of the molecule is CCOCC(=O)NCc1nnnn1-c1cccc(F)c1. The Morgan fingerprint density at radius 2 is 2.35 bits per heavy atom. The van der Waals surface area contributed by atoms with Gasteiger partial charge in [0.2, 0.25) is 5.91 Å². The van der Waals surface area contributed by atoms with E-state index in [1.54, 1.807) is 19.1 Å². The molecule has 0 radical (unpaired) electrons. The number of carbonyl (C=O) groups excluding carboxylic acids is 1. The summed E-state index contributed by atoms with van der Waals surface area (Å²) in [6.45, 7) is 2.39. The predicted octanol–water partition coefficient (Wildman–Crippen LogP) is 0.454. The van der Waals surface area contributed by atoms with E-state index in [1.165, 1.54) is 16.8 Å². The number of benzene rings is 1. The van der Waals surface area contributed by atoms with Crippen molar-refractivity contribution in [2.45, 2.75) is 13.5 Å². The first kappa shape index (κ1) is 14.1. The maximum Gasteiger partial charge on any atom is 0.246 e. The van der Waals surface area contributed by atoms with Crippen LogP contribution in [0.4, 0.5) is 4.39 Å². The van der Waals surface area contributed by atoms with Crippen molar-refractivity contribution in [3.63, 3.8) is 0 Å². The summed E-state index contributed by atoms with van der Waals surface area (Å²) in [5.41, 5.74) is 0.490. The molecule has 8 heteroatoms. The van der Waals surface area contributed by atoms with Gasteiger partial charge in [0.25, 0.3) is 0 Å². The molecule has 1 heterocycles. The number of tetrazole rings is 1. The molecule has 0 aliphatic rings. The van der Waals surface area contributed by atoms with Gasteiger partial charge in [0.05, 0.1) is 12.2 Å². The Balaban J connectivity index is 2.04. The fourth-order valence-electron chi connectivity index (χ4n) is 1.55. The highest BCUT2D eigenvalue weighted by atomic mass is 19.1. The minimum atomic E-state index is -0.385. The van der Waals surface area contributed by atoms with Crippen molar-refractivity contribution in [2.75, 3.05) is 13.2 Å². The molecular formula is C12H14FN5O2. The third kappa shape index (κ3) is 3.58. The summed E-state index contributed by atoms with van der Waals surface area (Å²) in [5.74, 6) is -0.245. The molecule has 0 saturated carbocycles. The van der Waals surface area contributed by atoms with Crippen LogP contribution >= 0.6 is 0 Å². The molecule has 106 valence electrons. The number of nitrogens with zero attached hydrogens (tertiary/aromatic N) is 4. The van der Waals surface area contributed by atoms with Gasteiger partial charge in [-0.05, 0) is 35.5 Å². The molecule has 0 aliphatic carbocycles. The van der Waals surface area contributed by atoms with Crippen molar-refractivity contribution in [1.82, 2.24) is 25.5 Å². The van der Waals surface area contributed by atoms with Crippen LogP contribution in [0.25, 0.3) is 5.69 Å². The molecule has 0 fully saturated rings. The molecule has 0 unspecified atom stereocenters. The molecule has 2 aromatic rings.